The number of carbonyl (C=O) groups excluding carboxylic acids is 2. The second kappa shape index (κ2) is 13.3. The third-order valence-corrected chi connectivity index (χ3v) is 7.48. The minimum absolute atomic E-state index is 0.00806. The summed E-state index contributed by atoms with van der Waals surface area (Å²) in [5.74, 6) is -0.869. The van der Waals surface area contributed by atoms with Crippen LogP contribution >= 0.6 is 0 Å². The highest BCUT2D eigenvalue weighted by molar-refractivity contribution is 5.88. The van der Waals surface area contributed by atoms with Gasteiger partial charge in [-0.05, 0) is 83.1 Å². The van der Waals surface area contributed by atoms with Crippen LogP contribution in [0.2, 0.25) is 0 Å². The minimum atomic E-state index is -0.869. The molecule has 0 radical (unpaired) electrons. The number of rotatable bonds is 7. The number of nitrogens with zero attached hydrogens (tertiary/aromatic N) is 4. The second-order valence-electron chi connectivity index (χ2n) is 11.7. The lowest BCUT2D eigenvalue weighted by Crippen LogP contribution is -2.43. The molecule has 1 aromatic carbocycles. The lowest BCUT2D eigenvalue weighted by Gasteiger charge is -2.30. The number of ether oxygens (including phenoxy) is 1. The number of aromatic carboxylic acids is 1. The maximum absolute atomic E-state index is 12.0. The van der Waals surface area contributed by atoms with Gasteiger partial charge in [0.2, 0.25) is 6.41 Å². The molecule has 2 aliphatic heterocycles. The van der Waals surface area contributed by atoms with E-state index in [1.807, 2.05) is 39.8 Å². The van der Waals surface area contributed by atoms with E-state index in [-0.39, 0.29) is 18.2 Å². The SMILES string of the molecule is CC[C@H]1CN(CC(C)NC(=O)OC(C)(C)C)CN1C1CCc2cc(C(=O)O)ccc21.N#CC1CCCN1C=O. The fourth-order valence-corrected chi connectivity index (χ4v) is 5.72. The van der Waals surface area contributed by atoms with Gasteiger partial charge >= 0.3 is 12.1 Å². The Morgan fingerprint density at radius 1 is 1.31 bits per heavy atom. The third-order valence-electron chi connectivity index (χ3n) is 7.48. The lowest BCUT2D eigenvalue weighted by molar-refractivity contribution is -0.118. The van der Waals surface area contributed by atoms with Crippen molar-refractivity contribution in [3.63, 3.8) is 0 Å². The third kappa shape index (κ3) is 8.16. The van der Waals surface area contributed by atoms with E-state index in [4.69, 9.17) is 10.00 Å². The van der Waals surface area contributed by atoms with Crippen molar-refractivity contribution in [3.8, 4) is 6.07 Å². The maximum Gasteiger partial charge on any atom is 0.407 e. The summed E-state index contributed by atoms with van der Waals surface area (Å²) in [6.45, 7) is 13.1. The van der Waals surface area contributed by atoms with Gasteiger partial charge in [0.1, 0.15) is 11.6 Å². The minimum Gasteiger partial charge on any atom is -0.478 e. The van der Waals surface area contributed by atoms with Crippen molar-refractivity contribution >= 4 is 18.5 Å². The second-order valence-corrected chi connectivity index (χ2v) is 11.7. The molecule has 10 heteroatoms. The Morgan fingerprint density at radius 2 is 2.05 bits per heavy atom. The first-order chi connectivity index (χ1) is 18.4. The Bertz CT molecular complexity index is 1070. The molecule has 10 nitrogen and oxygen atoms in total. The van der Waals surface area contributed by atoms with Crippen molar-refractivity contribution in [1.29, 1.82) is 5.26 Å². The van der Waals surface area contributed by atoms with E-state index in [0.717, 1.165) is 70.4 Å². The molecule has 2 heterocycles. The molecular formula is C29H43N5O5. The molecule has 0 spiro atoms. The van der Waals surface area contributed by atoms with Crippen LogP contribution in [-0.4, -0.2) is 88.3 Å². The highest BCUT2D eigenvalue weighted by Gasteiger charge is 2.38. The Labute approximate surface area is 231 Å². The number of carboxylic acids is 1. The Balaban J connectivity index is 0.000000395. The summed E-state index contributed by atoms with van der Waals surface area (Å²) < 4.78 is 5.36. The van der Waals surface area contributed by atoms with Gasteiger partial charge in [0.05, 0.1) is 18.3 Å². The summed E-state index contributed by atoms with van der Waals surface area (Å²) in [7, 11) is 0. The zero-order valence-corrected chi connectivity index (χ0v) is 23.9. The number of benzene rings is 1. The molecule has 0 aromatic heterocycles. The molecule has 0 bridgehead atoms. The molecule has 2 amide bonds. The zero-order valence-electron chi connectivity index (χ0n) is 23.9. The summed E-state index contributed by atoms with van der Waals surface area (Å²) in [5.41, 5.74) is 2.29. The molecule has 1 aromatic rings. The number of aryl methyl sites for hydroxylation is 1. The largest absolute Gasteiger partial charge is 0.478 e. The molecule has 2 saturated heterocycles. The average Bonchev–Trinajstić information content (AvgIpc) is 3.59. The first-order valence-electron chi connectivity index (χ1n) is 13.9. The molecular weight excluding hydrogens is 498 g/mol. The number of hydrogen-bond acceptors (Lipinski definition) is 7. The highest BCUT2D eigenvalue weighted by atomic mass is 16.6. The topological polar surface area (TPSA) is 126 Å². The Kier molecular flexibility index (Phi) is 10.3. The predicted octanol–water partition coefficient (Wildman–Crippen LogP) is 3.77. The average molecular weight is 542 g/mol. The van der Waals surface area contributed by atoms with Gasteiger partial charge in [-0.3, -0.25) is 14.6 Å². The maximum atomic E-state index is 12.0. The number of fused-ring (bicyclic) bond motifs is 1. The highest BCUT2D eigenvalue weighted by Crippen LogP contribution is 2.39. The summed E-state index contributed by atoms with van der Waals surface area (Å²) in [6, 6.07) is 8.23. The van der Waals surface area contributed by atoms with E-state index in [2.05, 4.69) is 28.1 Å². The van der Waals surface area contributed by atoms with Crippen LogP contribution in [0.5, 0.6) is 0 Å². The van der Waals surface area contributed by atoms with E-state index in [1.165, 1.54) is 5.56 Å². The fraction of sp³-hybridized carbons (Fsp3) is 0.655. The van der Waals surface area contributed by atoms with Crippen molar-refractivity contribution in [3.05, 3.63) is 34.9 Å². The van der Waals surface area contributed by atoms with E-state index in [0.29, 0.717) is 17.6 Å². The molecule has 3 aliphatic rings. The van der Waals surface area contributed by atoms with Crippen molar-refractivity contribution in [1.82, 2.24) is 20.0 Å². The summed E-state index contributed by atoms with van der Waals surface area (Å²) in [6.07, 6.45) is 5.19. The molecule has 3 unspecified atom stereocenters. The number of carboxylic acid groups (broad SMARTS) is 1. The van der Waals surface area contributed by atoms with Gasteiger partial charge in [-0.25, -0.2) is 9.59 Å². The van der Waals surface area contributed by atoms with Crippen LogP contribution in [0.15, 0.2) is 18.2 Å². The normalized spacial score (nSPS) is 23.8. The van der Waals surface area contributed by atoms with Gasteiger partial charge in [0.25, 0.3) is 0 Å². The predicted molar refractivity (Wildman–Crippen MR) is 147 cm³/mol. The van der Waals surface area contributed by atoms with Gasteiger partial charge in [-0.15, -0.1) is 0 Å². The first kappa shape index (κ1) is 30.4. The quantitative estimate of drug-likeness (QED) is 0.500. The number of nitriles is 1. The van der Waals surface area contributed by atoms with Crippen molar-refractivity contribution in [2.24, 2.45) is 0 Å². The molecule has 2 N–H and O–H groups in total. The molecule has 0 saturated carbocycles. The Hall–Kier alpha value is -3.16. The van der Waals surface area contributed by atoms with Crippen molar-refractivity contribution < 1.29 is 24.2 Å². The molecule has 4 rings (SSSR count). The van der Waals surface area contributed by atoms with Crippen LogP contribution in [0.3, 0.4) is 0 Å². The van der Waals surface area contributed by atoms with Crippen LogP contribution in [0.1, 0.15) is 87.8 Å². The molecule has 1 aliphatic carbocycles. The van der Waals surface area contributed by atoms with Crippen LogP contribution in [0.25, 0.3) is 0 Å². The van der Waals surface area contributed by atoms with E-state index >= 15 is 0 Å². The van der Waals surface area contributed by atoms with Crippen LogP contribution in [0.4, 0.5) is 4.79 Å². The smallest absolute Gasteiger partial charge is 0.407 e. The van der Waals surface area contributed by atoms with Gasteiger partial charge in [-0.2, -0.15) is 5.26 Å². The molecule has 214 valence electrons. The summed E-state index contributed by atoms with van der Waals surface area (Å²) >= 11 is 0. The lowest BCUT2D eigenvalue weighted by atomic mass is 10.0. The van der Waals surface area contributed by atoms with Gasteiger partial charge in [0.15, 0.2) is 0 Å². The van der Waals surface area contributed by atoms with Crippen molar-refractivity contribution in [2.75, 3.05) is 26.3 Å². The van der Waals surface area contributed by atoms with Gasteiger partial charge in [0, 0.05) is 37.8 Å². The van der Waals surface area contributed by atoms with Crippen LogP contribution in [-0.2, 0) is 16.0 Å². The number of carbonyl (C=O) groups is 3. The van der Waals surface area contributed by atoms with Gasteiger partial charge in [-0.1, -0.05) is 13.0 Å². The van der Waals surface area contributed by atoms with Gasteiger partial charge < -0.3 is 20.1 Å². The monoisotopic (exact) mass is 541 g/mol. The van der Waals surface area contributed by atoms with E-state index in [1.54, 1.807) is 11.0 Å². The first-order valence-corrected chi connectivity index (χ1v) is 13.9. The number of nitrogens with one attached hydrogen (secondary N) is 1. The van der Waals surface area contributed by atoms with Crippen molar-refractivity contribution in [2.45, 2.75) is 96.5 Å². The number of likely N-dealkylation sites (tertiary alicyclic amines) is 1. The standard InChI is InChI=1S/C23H35N3O4.C6H8N2O/c1-6-18-13-25(12-15(2)24-22(29)30-23(3,4)5)14-26(18)20-10-8-16-11-17(21(27)28)7-9-19(16)20;7-4-6-2-1-3-8(6)5-9/h7,9,11,15,18,20H,6,8,10,12-14H2,1-5H3,(H,24,29)(H,27,28);5-6H,1-3H2/t15?,18-,20?;/m0./s1. The fourth-order valence-electron chi connectivity index (χ4n) is 5.72. The molecule has 4 atom stereocenters. The molecule has 39 heavy (non-hydrogen) atoms. The van der Waals surface area contributed by atoms with E-state index < -0.39 is 11.6 Å². The Morgan fingerprint density at radius 3 is 2.64 bits per heavy atom. The summed E-state index contributed by atoms with van der Waals surface area (Å²) in [5, 5.41) is 20.6. The van der Waals surface area contributed by atoms with E-state index in [9.17, 15) is 19.5 Å². The van der Waals surface area contributed by atoms with Crippen LogP contribution in [0, 0.1) is 11.3 Å². The number of hydrogen-bond donors (Lipinski definition) is 2. The number of amides is 2. The zero-order chi connectivity index (χ0) is 28.7. The summed E-state index contributed by atoms with van der Waals surface area (Å²) in [4.78, 5) is 40.0. The molecule has 2 fully saturated rings. The van der Waals surface area contributed by atoms with Crippen LogP contribution < -0.4 is 5.32 Å². The number of alkyl carbamates (subject to hydrolysis) is 1.